The molecule has 1 N–H and O–H groups in total. The van der Waals surface area contributed by atoms with Crippen molar-refractivity contribution in [2.75, 3.05) is 25.1 Å². The van der Waals surface area contributed by atoms with Crippen LogP contribution in [0.15, 0.2) is 0 Å². The molecule has 1 aromatic rings. The molecule has 18 heavy (non-hydrogen) atoms. The van der Waals surface area contributed by atoms with Crippen LogP contribution < -0.4 is 5.32 Å². The third-order valence-electron chi connectivity index (χ3n) is 3.82. The highest BCUT2D eigenvalue weighted by molar-refractivity contribution is 7.99. The van der Waals surface area contributed by atoms with E-state index in [1.165, 1.54) is 22.7 Å². The molecule has 4 nitrogen and oxygen atoms in total. The maximum atomic E-state index is 4.83. The Morgan fingerprint density at radius 3 is 3.06 bits per heavy atom. The number of thioether (sulfide) groups is 1. The van der Waals surface area contributed by atoms with Gasteiger partial charge in [-0.3, -0.25) is 4.90 Å². The molecule has 0 spiro atoms. The lowest BCUT2D eigenvalue weighted by molar-refractivity contribution is 0.263. The number of aryl methyl sites for hydroxylation is 1. The van der Waals surface area contributed by atoms with Crippen molar-refractivity contribution in [2.45, 2.75) is 32.5 Å². The Balaban J connectivity index is 1.97. The lowest BCUT2D eigenvalue weighted by atomic mass is 10.1. The van der Waals surface area contributed by atoms with Crippen LogP contribution in [-0.4, -0.2) is 40.0 Å². The first-order chi connectivity index (χ1) is 8.79. The van der Waals surface area contributed by atoms with Crippen molar-refractivity contribution in [3.05, 3.63) is 22.8 Å². The van der Waals surface area contributed by atoms with Crippen molar-refractivity contribution in [1.29, 1.82) is 0 Å². The summed E-state index contributed by atoms with van der Waals surface area (Å²) in [5, 5.41) is 3.38. The summed E-state index contributed by atoms with van der Waals surface area (Å²) in [4.78, 5) is 12.0. The number of rotatable bonds is 2. The normalized spacial score (nSPS) is 24.2. The molecule has 0 amide bonds. The largest absolute Gasteiger partial charge is 0.307 e. The molecule has 0 bridgehead atoms. The molecule has 0 saturated carbocycles. The standard InChI is InChI=1S/C13H20N4S/c1-3-10-9-6-14-7-11(9)16-13(15-10)12-8-18-5-4-17(12)2/h12,14H,3-8H2,1-2H3. The molecular formula is C13H20N4S. The molecule has 98 valence electrons. The highest BCUT2D eigenvalue weighted by Gasteiger charge is 2.26. The highest BCUT2D eigenvalue weighted by atomic mass is 32.2. The van der Waals surface area contributed by atoms with Gasteiger partial charge in [-0.15, -0.1) is 0 Å². The Kier molecular flexibility index (Phi) is 3.54. The number of nitrogens with one attached hydrogen (secondary N) is 1. The van der Waals surface area contributed by atoms with Gasteiger partial charge in [-0.05, 0) is 13.5 Å². The molecule has 2 aliphatic heterocycles. The number of nitrogens with zero attached hydrogens (tertiary/aromatic N) is 3. The van der Waals surface area contributed by atoms with Gasteiger partial charge in [0.1, 0.15) is 5.82 Å². The average molecular weight is 264 g/mol. The second kappa shape index (κ2) is 5.15. The fourth-order valence-corrected chi connectivity index (χ4v) is 3.87. The lowest BCUT2D eigenvalue weighted by Gasteiger charge is -2.31. The first-order valence-corrected chi connectivity index (χ1v) is 7.82. The second-order valence-corrected chi connectivity index (χ2v) is 6.13. The van der Waals surface area contributed by atoms with Gasteiger partial charge < -0.3 is 5.32 Å². The maximum Gasteiger partial charge on any atom is 0.146 e. The van der Waals surface area contributed by atoms with Crippen molar-refractivity contribution in [1.82, 2.24) is 20.2 Å². The van der Waals surface area contributed by atoms with Gasteiger partial charge in [-0.25, -0.2) is 9.97 Å². The zero-order chi connectivity index (χ0) is 12.5. The molecular weight excluding hydrogens is 244 g/mol. The fourth-order valence-electron chi connectivity index (χ4n) is 2.66. The third-order valence-corrected chi connectivity index (χ3v) is 4.84. The van der Waals surface area contributed by atoms with E-state index in [-0.39, 0.29) is 0 Å². The first-order valence-electron chi connectivity index (χ1n) is 6.67. The van der Waals surface area contributed by atoms with Gasteiger partial charge in [0.05, 0.1) is 11.7 Å². The minimum atomic E-state index is 0.389. The summed E-state index contributed by atoms with van der Waals surface area (Å²) in [5.41, 5.74) is 3.80. The summed E-state index contributed by atoms with van der Waals surface area (Å²) < 4.78 is 0. The third kappa shape index (κ3) is 2.15. The molecule has 0 aliphatic carbocycles. The maximum absolute atomic E-state index is 4.83. The Morgan fingerprint density at radius 1 is 1.39 bits per heavy atom. The van der Waals surface area contributed by atoms with E-state index >= 15 is 0 Å². The van der Waals surface area contributed by atoms with E-state index in [0.29, 0.717) is 6.04 Å². The lowest BCUT2D eigenvalue weighted by Crippen LogP contribution is -2.34. The fraction of sp³-hybridized carbons (Fsp3) is 0.692. The summed E-state index contributed by atoms with van der Waals surface area (Å²) >= 11 is 2.01. The molecule has 2 aliphatic rings. The van der Waals surface area contributed by atoms with E-state index in [4.69, 9.17) is 9.97 Å². The molecule has 5 heteroatoms. The minimum absolute atomic E-state index is 0.389. The van der Waals surface area contributed by atoms with Crippen molar-refractivity contribution in [3.8, 4) is 0 Å². The van der Waals surface area contributed by atoms with E-state index in [0.717, 1.165) is 37.6 Å². The Morgan fingerprint density at radius 2 is 2.28 bits per heavy atom. The summed E-state index contributed by atoms with van der Waals surface area (Å²) in [6.45, 7) is 5.16. The molecule has 1 fully saturated rings. The molecule has 1 aromatic heterocycles. The summed E-state index contributed by atoms with van der Waals surface area (Å²) in [6, 6.07) is 0.389. The molecule has 3 rings (SSSR count). The van der Waals surface area contributed by atoms with Crippen LogP contribution in [0.25, 0.3) is 0 Å². The molecule has 1 unspecified atom stereocenters. The van der Waals surface area contributed by atoms with Crippen molar-refractivity contribution >= 4 is 11.8 Å². The predicted octanol–water partition coefficient (Wildman–Crippen LogP) is 1.36. The van der Waals surface area contributed by atoms with Crippen molar-refractivity contribution in [3.63, 3.8) is 0 Å². The Hall–Kier alpha value is -0.650. The summed E-state index contributed by atoms with van der Waals surface area (Å²) in [5.74, 6) is 3.37. The van der Waals surface area contributed by atoms with Gasteiger partial charge in [-0.2, -0.15) is 11.8 Å². The minimum Gasteiger partial charge on any atom is -0.307 e. The summed E-state index contributed by atoms with van der Waals surface area (Å²) in [6.07, 6.45) is 1.00. The van der Waals surface area contributed by atoms with Gasteiger partial charge in [0.25, 0.3) is 0 Å². The van der Waals surface area contributed by atoms with E-state index in [9.17, 15) is 0 Å². The highest BCUT2D eigenvalue weighted by Crippen LogP contribution is 2.28. The number of fused-ring (bicyclic) bond motifs is 1. The zero-order valence-electron chi connectivity index (χ0n) is 11.1. The zero-order valence-corrected chi connectivity index (χ0v) is 11.9. The van der Waals surface area contributed by atoms with Crippen LogP contribution in [-0.2, 0) is 19.5 Å². The van der Waals surface area contributed by atoms with Crippen LogP contribution in [0.4, 0.5) is 0 Å². The van der Waals surface area contributed by atoms with E-state index < -0.39 is 0 Å². The quantitative estimate of drug-likeness (QED) is 0.873. The predicted molar refractivity (Wildman–Crippen MR) is 74.6 cm³/mol. The second-order valence-electron chi connectivity index (χ2n) is 4.98. The first kappa shape index (κ1) is 12.4. The van der Waals surface area contributed by atoms with Crippen LogP contribution in [0.1, 0.15) is 35.7 Å². The smallest absolute Gasteiger partial charge is 0.146 e. The van der Waals surface area contributed by atoms with Gasteiger partial charge in [0.2, 0.25) is 0 Å². The van der Waals surface area contributed by atoms with E-state index in [1.807, 2.05) is 11.8 Å². The topological polar surface area (TPSA) is 41.1 Å². The van der Waals surface area contributed by atoms with E-state index in [2.05, 4.69) is 24.2 Å². The molecule has 0 radical (unpaired) electrons. The molecule has 1 saturated heterocycles. The van der Waals surface area contributed by atoms with Crippen molar-refractivity contribution < 1.29 is 0 Å². The van der Waals surface area contributed by atoms with Crippen LogP contribution in [0, 0.1) is 0 Å². The van der Waals surface area contributed by atoms with Crippen LogP contribution >= 0.6 is 11.8 Å². The van der Waals surface area contributed by atoms with Crippen LogP contribution in [0.3, 0.4) is 0 Å². The van der Waals surface area contributed by atoms with Crippen LogP contribution in [0.5, 0.6) is 0 Å². The summed E-state index contributed by atoms with van der Waals surface area (Å²) in [7, 11) is 2.19. The molecule has 3 heterocycles. The van der Waals surface area contributed by atoms with Crippen molar-refractivity contribution in [2.24, 2.45) is 0 Å². The molecule has 1 atom stereocenters. The SMILES string of the molecule is CCc1nc(C2CSCCN2C)nc2c1CNC2. The number of aromatic nitrogens is 2. The van der Waals surface area contributed by atoms with Gasteiger partial charge >= 0.3 is 0 Å². The Labute approximate surface area is 113 Å². The monoisotopic (exact) mass is 264 g/mol. The van der Waals surface area contributed by atoms with Gasteiger partial charge in [0.15, 0.2) is 0 Å². The van der Waals surface area contributed by atoms with E-state index in [1.54, 1.807) is 0 Å². The van der Waals surface area contributed by atoms with Gasteiger partial charge in [-0.1, -0.05) is 6.92 Å². The van der Waals surface area contributed by atoms with Crippen LogP contribution in [0.2, 0.25) is 0 Å². The Bertz CT molecular complexity index is 449. The van der Waals surface area contributed by atoms with Gasteiger partial charge in [0, 0.05) is 42.4 Å². The molecule has 0 aromatic carbocycles. The number of hydrogen-bond acceptors (Lipinski definition) is 5. The average Bonchev–Trinajstić information content (AvgIpc) is 2.86. The number of hydrogen-bond donors (Lipinski definition) is 1.